The van der Waals surface area contributed by atoms with Gasteiger partial charge in [0.15, 0.2) is 0 Å². The van der Waals surface area contributed by atoms with Crippen LogP contribution >= 0.6 is 0 Å². The molecule has 1 atom stereocenters. The first kappa shape index (κ1) is 18.4. The minimum atomic E-state index is -0.566. The van der Waals surface area contributed by atoms with Gasteiger partial charge >= 0.3 is 0 Å². The highest BCUT2D eigenvalue weighted by atomic mass is 16.5. The fraction of sp³-hybridized carbons (Fsp3) is 0.143. The molecule has 128 valence electrons. The largest absolute Gasteiger partial charge is 0.305 e. The third-order valence-corrected chi connectivity index (χ3v) is 3.91. The van der Waals surface area contributed by atoms with E-state index in [4.69, 9.17) is 10.6 Å². The third-order valence-electron chi connectivity index (χ3n) is 3.91. The molecule has 2 rings (SSSR count). The van der Waals surface area contributed by atoms with Gasteiger partial charge in [0.2, 0.25) is 0 Å². The molecule has 0 aliphatic carbocycles. The molecule has 0 aromatic heterocycles. The monoisotopic (exact) mass is 334 g/mol. The minimum absolute atomic E-state index is 0.0266. The van der Waals surface area contributed by atoms with Crippen LogP contribution in [0.5, 0.6) is 0 Å². The third kappa shape index (κ3) is 5.55. The molecule has 0 radical (unpaired) electrons. The van der Waals surface area contributed by atoms with Crippen molar-refractivity contribution in [2.75, 3.05) is 0 Å². The second-order valence-corrected chi connectivity index (χ2v) is 5.64. The van der Waals surface area contributed by atoms with Crippen molar-refractivity contribution in [3.63, 3.8) is 0 Å². The zero-order valence-electron chi connectivity index (χ0n) is 14.1. The Balaban J connectivity index is 2.09. The molecule has 2 aromatic carbocycles. The lowest BCUT2D eigenvalue weighted by atomic mass is 9.90. The number of rotatable bonds is 7. The van der Waals surface area contributed by atoms with E-state index >= 15 is 0 Å². The topological polar surface area (TPSA) is 73.2 Å². The van der Waals surface area contributed by atoms with E-state index in [-0.39, 0.29) is 5.92 Å². The Morgan fingerprint density at radius 3 is 2.24 bits per heavy atom. The molecule has 4 heteroatoms. The van der Waals surface area contributed by atoms with Gasteiger partial charge in [-0.15, -0.1) is 0 Å². The standard InChI is InChI=1S/C21H22N2O2/c1-2-19(20(22)14-10-16-6-4-3-5-7-16)18-12-8-17(9-13-18)11-15-21(24)23-25/h3-15,19,22,25H,2H2,1H3,(H,23,24)/b14-10+,15-11+,22-20?/t19-/m0/s1. The lowest BCUT2D eigenvalue weighted by molar-refractivity contribution is -0.124. The van der Waals surface area contributed by atoms with Crippen molar-refractivity contribution < 1.29 is 10.0 Å². The number of amides is 1. The van der Waals surface area contributed by atoms with Crippen LogP contribution in [0, 0.1) is 5.41 Å². The van der Waals surface area contributed by atoms with Crippen LogP contribution in [0.2, 0.25) is 0 Å². The highest BCUT2D eigenvalue weighted by Gasteiger charge is 2.12. The van der Waals surface area contributed by atoms with Crippen LogP contribution in [0.3, 0.4) is 0 Å². The van der Waals surface area contributed by atoms with Gasteiger partial charge in [-0.05, 0) is 35.3 Å². The molecule has 0 saturated heterocycles. The van der Waals surface area contributed by atoms with E-state index in [1.807, 2.05) is 66.7 Å². The van der Waals surface area contributed by atoms with Gasteiger partial charge in [0, 0.05) is 17.7 Å². The van der Waals surface area contributed by atoms with E-state index in [2.05, 4.69) is 6.92 Å². The molecule has 0 bridgehead atoms. The smallest absolute Gasteiger partial charge is 0.267 e. The minimum Gasteiger partial charge on any atom is -0.305 e. The highest BCUT2D eigenvalue weighted by Crippen LogP contribution is 2.22. The average molecular weight is 334 g/mol. The number of nitrogens with one attached hydrogen (secondary N) is 2. The summed E-state index contributed by atoms with van der Waals surface area (Å²) in [4.78, 5) is 11.0. The molecule has 25 heavy (non-hydrogen) atoms. The molecule has 0 unspecified atom stereocenters. The van der Waals surface area contributed by atoms with Gasteiger partial charge in [0.25, 0.3) is 5.91 Å². The van der Waals surface area contributed by atoms with Gasteiger partial charge in [-0.2, -0.15) is 0 Å². The van der Waals surface area contributed by atoms with Crippen molar-refractivity contribution in [2.24, 2.45) is 0 Å². The summed E-state index contributed by atoms with van der Waals surface area (Å²) in [5.41, 5.74) is 5.11. The molecule has 0 fully saturated rings. The van der Waals surface area contributed by atoms with Crippen LogP contribution in [0.15, 0.2) is 66.7 Å². The maximum Gasteiger partial charge on any atom is 0.267 e. The first-order chi connectivity index (χ1) is 12.1. The van der Waals surface area contributed by atoms with E-state index in [9.17, 15) is 4.79 Å². The Kier molecular flexibility index (Phi) is 6.87. The fourth-order valence-electron chi connectivity index (χ4n) is 2.55. The predicted molar refractivity (Wildman–Crippen MR) is 102 cm³/mol. The number of allylic oxidation sites excluding steroid dienone is 1. The lowest BCUT2D eigenvalue weighted by Gasteiger charge is -2.14. The number of carbonyl (C=O) groups is 1. The van der Waals surface area contributed by atoms with Gasteiger partial charge in [0.05, 0.1) is 0 Å². The summed E-state index contributed by atoms with van der Waals surface area (Å²) in [5, 5.41) is 16.8. The van der Waals surface area contributed by atoms with Gasteiger partial charge in [-0.3, -0.25) is 10.0 Å². The Hall–Kier alpha value is -2.98. The molecule has 3 N–H and O–H groups in total. The van der Waals surface area contributed by atoms with Crippen LogP contribution in [0.4, 0.5) is 0 Å². The second-order valence-electron chi connectivity index (χ2n) is 5.64. The van der Waals surface area contributed by atoms with Crippen molar-refractivity contribution in [3.8, 4) is 0 Å². The Morgan fingerprint density at radius 2 is 1.64 bits per heavy atom. The number of benzene rings is 2. The second kappa shape index (κ2) is 9.35. The molecule has 1 amide bonds. The molecule has 0 saturated carbocycles. The SMILES string of the molecule is CC[C@H](C(=N)/C=C/c1ccccc1)c1ccc(/C=C/C(=O)NO)cc1. The summed E-state index contributed by atoms with van der Waals surface area (Å²) < 4.78 is 0. The lowest BCUT2D eigenvalue weighted by Crippen LogP contribution is -2.14. The molecule has 0 spiro atoms. The van der Waals surface area contributed by atoms with Crippen molar-refractivity contribution in [2.45, 2.75) is 19.3 Å². The molecular weight excluding hydrogens is 312 g/mol. The summed E-state index contributed by atoms with van der Waals surface area (Å²) >= 11 is 0. The Bertz CT molecular complexity index is 762. The highest BCUT2D eigenvalue weighted by molar-refractivity contribution is 6.00. The van der Waals surface area contributed by atoms with Gasteiger partial charge < -0.3 is 5.41 Å². The number of hydrogen-bond donors (Lipinski definition) is 3. The van der Waals surface area contributed by atoms with E-state index in [0.29, 0.717) is 5.71 Å². The van der Waals surface area contributed by atoms with E-state index < -0.39 is 5.91 Å². The van der Waals surface area contributed by atoms with E-state index in [1.165, 1.54) is 6.08 Å². The quantitative estimate of drug-likeness (QED) is 0.303. The first-order valence-electron chi connectivity index (χ1n) is 8.17. The molecule has 0 aliphatic heterocycles. The van der Waals surface area contributed by atoms with Crippen molar-refractivity contribution in [3.05, 3.63) is 83.4 Å². The van der Waals surface area contributed by atoms with Crippen molar-refractivity contribution >= 4 is 23.8 Å². The average Bonchev–Trinajstić information content (AvgIpc) is 2.66. The van der Waals surface area contributed by atoms with Gasteiger partial charge in [-0.1, -0.05) is 67.6 Å². The molecule has 4 nitrogen and oxygen atoms in total. The van der Waals surface area contributed by atoms with E-state index in [1.54, 1.807) is 11.6 Å². The van der Waals surface area contributed by atoms with Crippen LogP contribution < -0.4 is 5.48 Å². The first-order valence-corrected chi connectivity index (χ1v) is 8.17. The number of hydrogen-bond acceptors (Lipinski definition) is 3. The van der Waals surface area contributed by atoms with E-state index in [0.717, 1.165) is 23.1 Å². The zero-order valence-corrected chi connectivity index (χ0v) is 14.1. The summed E-state index contributed by atoms with van der Waals surface area (Å²) in [5.74, 6) is -0.540. The summed E-state index contributed by atoms with van der Waals surface area (Å²) in [6, 6.07) is 17.7. The van der Waals surface area contributed by atoms with Gasteiger partial charge in [-0.25, -0.2) is 5.48 Å². The van der Waals surface area contributed by atoms with Crippen molar-refractivity contribution in [1.29, 1.82) is 5.41 Å². The van der Waals surface area contributed by atoms with Crippen LogP contribution in [0.1, 0.15) is 36.0 Å². The zero-order chi connectivity index (χ0) is 18.1. The maximum absolute atomic E-state index is 11.0. The number of hydroxylamine groups is 1. The summed E-state index contributed by atoms with van der Waals surface area (Å²) in [7, 11) is 0. The van der Waals surface area contributed by atoms with Crippen molar-refractivity contribution in [1.82, 2.24) is 5.48 Å². The van der Waals surface area contributed by atoms with Crippen LogP contribution in [0.25, 0.3) is 12.2 Å². The molecule has 0 heterocycles. The molecule has 0 aliphatic rings. The molecular formula is C21H22N2O2. The Morgan fingerprint density at radius 1 is 1.04 bits per heavy atom. The summed E-state index contributed by atoms with van der Waals surface area (Å²) in [6.45, 7) is 2.06. The predicted octanol–water partition coefficient (Wildman–Crippen LogP) is 4.43. The number of carbonyl (C=O) groups excluding carboxylic acids is 1. The van der Waals surface area contributed by atoms with Gasteiger partial charge in [0.1, 0.15) is 0 Å². The normalized spacial score (nSPS) is 12.4. The Labute approximate surface area is 148 Å². The van der Waals surface area contributed by atoms with Crippen LogP contribution in [-0.2, 0) is 4.79 Å². The van der Waals surface area contributed by atoms with Crippen LogP contribution in [-0.4, -0.2) is 16.8 Å². The summed E-state index contributed by atoms with van der Waals surface area (Å²) in [6.07, 6.45) is 7.52. The fourth-order valence-corrected chi connectivity index (χ4v) is 2.55. The maximum atomic E-state index is 11.0. The molecule has 2 aromatic rings.